The average molecular weight is 362 g/mol. The Bertz CT molecular complexity index is 1200. The lowest BCUT2D eigenvalue weighted by molar-refractivity contribution is -0.575. The maximum atomic E-state index is 12.3. The fraction of sp³-hybridized carbons (Fsp3) is 0.286. The Morgan fingerprint density at radius 1 is 1.30 bits per heavy atom. The molecule has 1 N–H and O–H groups in total. The molecule has 0 aromatic carbocycles. The van der Waals surface area contributed by atoms with Crippen molar-refractivity contribution < 1.29 is 18.8 Å². The SMILES string of the molecule is CC(=O)c1c/c(=c2/cccc3[n+]2=CC=[NH+]3)c2n1C=CC(N1CCOCC1)C=2. The molecule has 5 heterocycles. The van der Waals surface area contributed by atoms with Gasteiger partial charge >= 0.3 is 5.82 Å². The Labute approximate surface area is 156 Å². The molecule has 5 rings (SSSR count). The van der Waals surface area contributed by atoms with Gasteiger partial charge in [0.05, 0.1) is 41.6 Å². The van der Waals surface area contributed by atoms with Crippen LogP contribution >= 0.6 is 0 Å². The fourth-order valence-electron chi connectivity index (χ4n) is 4.06. The van der Waals surface area contributed by atoms with Gasteiger partial charge in [0.25, 0.3) is 0 Å². The van der Waals surface area contributed by atoms with E-state index in [1.807, 2.05) is 41.4 Å². The lowest BCUT2D eigenvalue weighted by Crippen LogP contribution is -2.61. The summed E-state index contributed by atoms with van der Waals surface area (Å²) in [5.41, 5.74) is 0.709. The lowest BCUT2D eigenvalue weighted by atomic mass is 10.1. The smallest absolute Gasteiger partial charge is 0.379 e. The normalized spacial score (nSPS) is 22.0. The third-order valence-corrected chi connectivity index (χ3v) is 5.42. The summed E-state index contributed by atoms with van der Waals surface area (Å²) in [6.45, 7) is 5.00. The molecule has 2 aromatic heterocycles. The molecule has 0 spiro atoms. The van der Waals surface area contributed by atoms with E-state index in [9.17, 15) is 4.79 Å². The van der Waals surface area contributed by atoms with Gasteiger partial charge in [-0.25, -0.2) is 0 Å². The number of carbonyl (C=O) groups is 1. The van der Waals surface area contributed by atoms with Crippen LogP contribution in [0.1, 0.15) is 17.4 Å². The van der Waals surface area contributed by atoms with Gasteiger partial charge in [0.15, 0.2) is 5.78 Å². The first-order valence-electron chi connectivity index (χ1n) is 9.32. The monoisotopic (exact) mass is 362 g/mol. The van der Waals surface area contributed by atoms with Gasteiger partial charge in [0, 0.05) is 32.3 Å². The molecular formula is C21H22N4O2+2. The minimum absolute atomic E-state index is 0.0663. The molecule has 0 aliphatic carbocycles. The molecule has 0 amide bonds. The van der Waals surface area contributed by atoms with Crippen LogP contribution in [0.2, 0.25) is 0 Å². The number of Topliss-reactive ketones (excluding diaryl/α,β-unsaturated/α-hetero) is 1. The van der Waals surface area contributed by atoms with E-state index in [2.05, 4.69) is 32.4 Å². The van der Waals surface area contributed by atoms with Gasteiger partial charge in [-0.2, -0.15) is 0 Å². The lowest BCUT2D eigenvalue weighted by Gasteiger charge is -2.32. The van der Waals surface area contributed by atoms with Gasteiger partial charge in [-0.1, -0.05) is 4.24 Å². The number of rotatable bonds is 2. The number of ketones is 1. The maximum absolute atomic E-state index is 12.3. The number of fused-ring (bicyclic) bond motifs is 2. The van der Waals surface area contributed by atoms with Crippen molar-refractivity contribution in [3.8, 4) is 0 Å². The number of aromatic nitrogens is 2. The molecule has 0 bridgehead atoms. The largest absolute Gasteiger partial charge is 0.448 e. The molecule has 1 atom stereocenters. The van der Waals surface area contributed by atoms with Crippen LogP contribution in [0.5, 0.6) is 0 Å². The predicted octanol–water partition coefficient (Wildman–Crippen LogP) is -0.963. The Balaban J connectivity index is 1.82. The third-order valence-electron chi connectivity index (χ3n) is 5.42. The number of pyridine rings is 1. The summed E-state index contributed by atoms with van der Waals surface area (Å²) in [5.74, 6) is 1.09. The molecule has 1 fully saturated rings. The quantitative estimate of drug-likeness (QED) is 0.553. The molecule has 136 valence electrons. The molecule has 27 heavy (non-hydrogen) atoms. The molecule has 2 aromatic rings. The van der Waals surface area contributed by atoms with E-state index in [4.69, 9.17) is 4.74 Å². The minimum atomic E-state index is 0.0663. The maximum Gasteiger partial charge on any atom is 0.448 e. The van der Waals surface area contributed by atoms with Crippen molar-refractivity contribution in [2.75, 3.05) is 26.3 Å². The van der Waals surface area contributed by atoms with Gasteiger partial charge in [-0.05, 0) is 24.3 Å². The van der Waals surface area contributed by atoms with E-state index >= 15 is 0 Å². The van der Waals surface area contributed by atoms with Crippen molar-refractivity contribution in [3.63, 3.8) is 0 Å². The first kappa shape index (κ1) is 16.4. The van der Waals surface area contributed by atoms with Crippen LogP contribution < -0.4 is 14.6 Å². The molecule has 0 radical (unpaired) electrons. The number of nitrogens with one attached hydrogen (secondary N) is 1. The molecule has 3 aliphatic rings. The Hall–Kier alpha value is -2.83. The first-order chi connectivity index (χ1) is 13.2. The standard InChI is InChI=1S/C21H21N4O2/c1-15(26)19-14-17(18-3-2-4-21-22-6-8-25(18)21)20-13-16(5-7-24(19)20)23-9-11-27-12-10-23/h2-8,13-14,16H,9-12H2,1H3/q+1/p+1. The van der Waals surface area contributed by atoms with Crippen molar-refractivity contribution in [3.05, 3.63) is 58.2 Å². The summed E-state index contributed by atoms with van der Waals surface area (Å²) in [4.78, 5) is 17.9. The minimum Gasteiger partial charge on any atom is -0.379 e. The number of hydrogen-bond acceptors (Lipinski definition) is 3. The van der Waals surface area contributed by atoms with Gasteiger partial charge in [-0.3, -0.25) is 9.69 Å². The second kappa shape index (κ2) is 6.40. The van der Waals surface area contributed by atoms with E-state index < -0.39 is 0 Å². The molecular weight excluding hydrogens is 340 g/mol. The first-order valence-corrected chi connectivity index (χ1v) is 9.32. The predicted molar refractivity (Wildman–Crippen MR) is 101 cm³/mol. The number of nitrogens with zero attached hydrogens (tertiary/aromatic N) is 3. The highest BCUT2D eigenvalue weighted by atomic mass is 16.5. The second-order valence-electron chi connectivity index (χ2n) is 7.03. The molecule has 1 saturated heterocycles. The number of morpholine rings is 1. The Kier molecular flexibility index (Phi) is 3.88. The van der Waals surface area contributed by atoms with E-state index in [0.717, 1.165) is 48.0 Å². The number of hydrogen-bond donors (Lipinski definition) is 1. The summed E-state index contributed by atoms with van der Waals surface area (Å²) in [6.07, 6.45) is 10.4. The summed E-state index contributed by atoms with van der Waals surface area (Å²) < 4.78 is 9.63. The van der Waals surface area contributed by atoms with E-state index in [1.165, 1.54) is 0 Å². The second-order valence-corrected chi connectivity index (χ2v) is 7.03. The summed E-state index contributed by atoms with van der Waals surface area (Å²) >= 11 is 0. The van der Waals surface area contributed by atoms with Gasteiger partial charge < -0.3 is 9.30 Å². The van der Waals surface area contributed by atoms with Crippen LogP contribution in [0.25, 0.3) is 12.3 Å². The third kappa shape index (κ3) is 2.69. The van der Waals surface area contributed by atoms with Crippen LogP contribution in [0.15, 0.2) is 30.3 Å². The number of ether oxygens (including phenoxy) is 1. The van der Waals surface area contributed by atoms with Crippen molar-refractivity contribution in [2.24, 2.45) is 0 Å². The van der Waals surface area contributed by atoms with E-state index in [1.54, 1.807) is 6.92 Å². The highest BCUT2D eigenvalue weighted by Gasteiger charge is 2.22. The van der Waals surface area contributed by atoms with Crippen molar-refractivity contribution in [2.45, 2.75) is 13.0 Å². The zero-order chi connectivity index (χ0) is 18.4. The molecule has 6 heteroatoms. The van der Waals surface area contributed by atoms with E-state index in [-0.39, 0.29) is 11.8 Å². The molecule has 0 saturated carbocycles. The zero-order valence-electron chi connectivity index (χ0n) is 15.3. The van der Waals surface area contributed by atoms with Gasteiger partial charge in [0.1, 0.15) is 0 Å². The molecule has 1 unspecified atom stereocenters. The highest BCUT2D eigenvalue weighted by Crippen LogP contribution is 2.13. The average Bonchev–Trinajstić information content (AvgIpc) is 3.33. The van der Waals surface area contributed by atoms with Crippen molar-refractivity contribution in [1.82, 2.24) is 9.47 Å². The molecule has 6 nitrogen and oxygen atoms in total. The van der Waals surface area contributed by atoms with Crippen LogP contribution in [-0.4, -0.2) is 53.8 Å². The van der Waals surface area contributed by atoms with Crippen molar-refractivity contribution >= 4 is 30.1 Å². The van der Waals surface area contributed by atoms with Crippen LogP contribution in [0.3, 0.4) is 0 Å². The summed E-state index contributed by atoms with van der Waals surface area (Å²) in [7, 11) is 0. The van der Waals surface area contributed by atoms with Crippen LogP contribution in [-0.2, 0) is 4.74 Å². The van der Waals surface area contributed by atoms with Crippen LogP contribution in [0.4, 0.5) is 5.82 Å². The van der Waals surface area contributed by atoms with E-state index in [0.29, 0.717) is 5.69 Å². The van der Waals surface area contributed by atoms with Crippen molar-refractivity contribution in [1.29, 1.82) is 0 Å². The Morgan fingerprint density at radius 2 is 2.15 bits per heavy atom. The van der Waals surface area contributed by atoms with Gasteiger partial charge in [0.2, 0.25) is 17.8 Å². The van der Waals surface area contributed by atoms with Gasteiger partial charge in [-0.15, -0.1) is 4.99 Å². The zero-order valence-corrected chi connectivity index (χ0v) is 15.3. The summed E-state index contributed by atoms with van der Waals surface area (Å²) in [5, 5.41) is 3.20. The molecule has 3 aliphatic heterocycles. The Morgan fingerprint density at radius 3 is 2.96 bits per heavy atom. The number of carbonyl (C=O) groups excluding carboxylic acids is 1. The topological polar surface area (TPSA) is 54.3 Å². The van der Waals surface area contributed by atoms with Crippen LogP contribution in [0, 0.1) is 16.8 Å². The summed E-state index contributed by atoms with van der Waals surface area (Å²) in [6, 6.07) is 8.39. The highest BCUT2D eigenvalue weighted by molar-refractivity contribution is 5.93. The fourth-order valence-corrected chi connectivity index (χ4v) is 4.06.